The van der Waals surface area contributed by atoms with E-state index in [0.29, 0.717) is 19.3 Å². The Bertz CT molecular complexity index is 2360. The minimum atomic E-state index is -4.88. The number of Topliss-reactive ketones (excluding diaryl/α,β-unsaturated/α-hetero) is 1. The van der Waals surface area contributed by atoms with Crippen LogP contribution in [-0.2, 0) is 66.7 Å². The lowest BCUT2D eigenvalue weighted by Crippen LogP contribution is -2.68. The third-order valence-corrected chi connectivity index (χ3v) is 20.6. The molecular formula is C54H88O28S. The van der Waals surface area contributed by atoms with Crippen molar-refractivity contribution < 1.29 is 136 Å². The fourth-order valence-electron chi connectivity index (χ4n) is 15.6. The van der Waals surface area contributed by atoms with E-state index in [2.05, 4.69) is 26.8 Å². The molecule has 5 heterocycles. The van der Waals surface area contributed by atoms with E-state index in [9.17, 15) is 84.1 Å². The highest BCUT2D eigenvalue weighted by Gasteiger charge is 2.63. The normalized spacial score (nSPS) is 52.6. The molecule has 0 aromatic heterocycles. The SMILES string of the molecule is CC(=O)C[C@H](C)[C@H]1CC[C@H]2[C@@H]3C[C@H](O[C@@H]4O[C@H](CO)[C@H](O)[C@H](O[C@@H]5O[C@H](C)[C@@H](O[C@@H]6O[C@H](CO)[C@H](O)[C@H](O)[C@H]6O[C@@H]6O[C@H](C)[C@@H](O)[C@H](O)[C@H]6O)[C@H](O)[C@H]5O[C@@H]5O[C@H](C)[C@@H](O)[C@H](O)[C@H]5O)[C@H]4O)[C@H]4C[C@@H](OS(=O)(=O)O)CC[C@]4(C)C3=CC[C@]12C. The molecule has 8 fully saturated rings. The zero-order valence-corrected chi connectivity index (χ0v) is 48.3. The summed E-state index contributed by atoms with van der Waals surface area (Å²) >= 11 is 0. The van der Waals surface area contributed by atoms with Crippen molar-refractivity contribution in [1.82, 2.24) is 0 Å². The number of aliphatic hydroxyl groups is 13. The molecule has 478 valence electrons. The van der Waals surface area contributed by atoms with Gasteiger partial charge in [-0.25, -0.2) is 4.18 Å². The zero-order chi connectivity index (χ0) is 60.7. The fourth-order valence-corrected chi connectivity index (χ4v) is 16.1. The van der Waals surface area contributed by atoms with E-state index in [0.717, 1.165) is 19.3 Å². The van der Waals surface area contributed by atoms with Crippen LogP contribution in [0.5, 0.6) is 0 Å². The van der Waals surface area contributed by atoms with E-state index in [1.807, 2.05) is 0 Å². The number of ketones is 1. The highest BCUT2D eigenvalue weighted by Crippen LogP contribution is 2.67. The molecule has 34 atom stereocenters. The summed E-state index contributed by atoms with van der Waals surface area (Å²) in [7, 11) is -4.88. The van der Waals surface area contributed by atoms with Gasteiger partial charge in [0.15, 0.2) is 31.5 Å². The van der Waals surface area contributed by atoms with Gasteiger partial charge in [-0.2, -0.15) is 8.42 Å². The minimum Gasteiger partial charge on any atom is -0.394 e. The van der Waals surface area contributed by atoms with Gasteiger partial charge in [-0.15, -0.1) is 0 Å². The van der Waals surface area contributed by atoms with E-state index in [1.165, 1.54) is 26.3 Å². The number of hydrogen-bond acceptors (Lipinski definition) is 27. The summed E-state index contributed by atoms with van der Waals surface area (Å²) in [6, 6.07) is 0. The molecule has 4 aliphatic carbocycles. The van der Waals surface area contributed by atoms with Gasteiger partial charge in [0.2, 0.25) is 0 Å². The summed E-state index contributed by atoms with van der Waals surface area (Å²) in [5.41, 5.74) is 0.373. The number of carbonyl (C=O) groups is 1. The van der Waals surface area contributed by atoms with E-state index in [-0.39, 0.29) is 47.7 Å². The van der Waals surface area contributed by atoms with Gasteiger partial charge in [0.05, 0.1) is 43.7 Å². The van der Waals surface area contributed by atoms with Crippen molar-refractivity contribution >= 4 is 16.2 Å². The van der Waals surface area contributed by atoms with Crippen LogP contribution in [0.4, 0.5) is 0 Å². The first kappa shape index (κ1) is 65.8. The van der Waals surface area contributed by atoms with Crippen molar-refractivity contribution in [2.24, 2.45) is 40.4 Å². The van der Waals surface area contributed by atoms with Crippen molar-refractivity contribution in [2.75, 3.05) is 13.2 Å². The predicted molar refractivity (Wildman–Crippen MR) is 276 cm³/mol. The number of rotatable bonds is 17. The molecule has 28 nitrogen and oxygen atoms in total. The van der Waals surface area contributed by atoms with Gasteiger partial charge in [0, 0.05) is 6.42 Å². The monoisotopic (exact) mass is 1220 g/mol. The van der Waals surface area contributed by atoms with Gasteiger partial charge >= 0.3 is 10.4 Å². The van der Waals surface area contributed by atoms with Crippen LogP contribution >= 0.6 is 0 Å². The first-order valence-electron chi connectivity index (χ1n) is 29.0. The fraction of sp³-hybridized carbons (Fsp3) is 0.944. The predicted octanol–water partition coefficient (Wildman–Crippen LogP) is -3.46. The number of carbonyl (C=O) groups excluding carboxylic acids is 1. The molecule has 9 rings (SSSR count). The molecule has 83 heavy (non-hydrogen) atoms. The molecule has 0 unspecified atom stereocenters. The van der Waals surface area contributed by atoms with Crippen LogP contribution in [-0.4, -0.2) is 264 Å². The maximum Gasteiger partial charge on any atom is 0.397 e. The Kier molecular flexibility index (Phi) is 20.4. The van der Waals surface area contributed by atoms with Gasteiger partial charge in [0.25, 0.3) is 0 Å². The van der Waals surface area contributed by atoms with Crippen LogP contribution in [0, 0.1) is 40.4 Å². The van der Waals surface area contributed by atoms with Crippen molar-refractivity contribution in [1.29, 1.82) is 0 Å². The topological polar surface area (TPSA) is 436 Å². The Morgan fingerprint density at radius 2 is 1.11 bits per heavy atom. The number of hydrogen-bond donors (Lipinski definition) is 14. The van der Waals surface area contributed by atoms with Crippen molar-refractivity contribution in [3.8, 4) is 0 Å². The summed E-state index contributed by atoms with van der Waals surface area (Å²) < 4.78 is 100. The molecule has 0 aromatic carbocycles. The lowest BCUT2D eigenvalue weighted by molar-refractivity contribution is -0.407. The molecule has 0 radical (unpaired) electrons. The molecule has 0 spiro atoms. The molecular weight excluding hydrogens is 1130 g/mol. The van der Waals surface area contributed by atoms with Crippen molar-refractivity contribution in [3.05, 3.63) is 11.6 Å². The Morgan fingerprint density at radius 3 is 1.69 bits per heavy atom. The third-order valence-electron chi connectivity index (χ3n) is 20.1. The highest BCUT2D eigenvalue weighted by atomic mass is 32.3. The van der Waals surface area contributed by atoms with Gasteiger partial charge in [-0.05, 0) is 113 Å². The molecule has 14 N–H and O–H groups in total. The van der Waals surface area contributed by atoms with Crippen LogP contribution in [0.25, 0.3) is 0 Å². The second kappa shape index (κ2) is 25.7. The first-order chi connectivity index (χ1) is 38.9. The van der Waals surface area contributed by atoms with Gasteiger partial charge in [-0.1, -0.05) is 32.4 Å². The molecule has 9 aliphatic rings. The first-order valence-corrected chi connectivity index (χ1v) is 30.4. The number of aliphatic hydroxyl groups excluding tert-OH is 13. The Balaban J connectivity index is 1.01. The standard InChI is InChI=1S/C54H88O28S/c1-19(14-20(2)57)26-8-9-27-25-16-30(29-15-24(82-83(69,70)71)10-12-54(29,7)28(25)11-13-53(26,27)6)75-50-43(68)45(36(61)32(18-56)76-50)79-51-47(81-49-41(66)38(63)34(59)22(4)73-49)42(67)44(23(5)74-51)78-52-46(39(64)35(60)31(17-55)77-52)80-48-40(65)37(62)33(58)21(3)72-48/h11,19,21-27,29-52,55-56,58-68H,8-10,12-18H2,1-7H3,(H,69,70,71)/t19-,21+,22+,23+,24-,25-,26+,27-,29+,30-,31+,32+,33+,34+,35-,36-,37-,38-,39-,40+,41+,42-,43+,44+,45-,46+,47+,48-,49-,50+,51-,52-,53+,54+/m0/s1. The third kappa shape index (κ3) is 12.8. The molecule has 29 heteroatoms. The lowest BCUT2D eigenvalue weighted by atomic mass is 9.47. The van der Waals surface area contributed by atoms with Crippen LogP contribution in [0.2, 0.25) is 0 Å². The summed E-state index contributed by atoms with van der Waals surface area (Å²) in [5, 5.41) is 144. The summed E-state index contributed by atoms with van der Waals surface area (Å²) in [5.74, 6) is 0.0138. The second-order valence-corrected chi connectivity index (χ2v) is 26.4. The largest absolute Gasteiger partial charge is 0.397 e. The van der Waals surface area contributed by atoms with Crippen LogP contribution < -0.4 is 0 Å². The van der Waals surface area contributed by atoms with E-state index < -0.39 is 201 Å². The lowest BCUT2D eigenvalue weighted by Gasteiger charge is -2.59. The van der Waals surface area contributed by atoms with Crippen LogP contribution in [0.1, 0.15) is 99.8 Å². The Morgan fingerprint density at radius 1 is 0.590 bits per heavy atom. The maximum absolute atomic E-state index is 12.5. The van der Waals surface area contributed by atoms with Crippen molar-refractivity contribution in [3.63, 3.8) is 0 Å². The Labute approximate surface area is 481 Å². The summed E-state index contributed by atoms with van der Waals surface area (Å²) in [6.45, 7) is 10.4. The molecule has 5 saturated heterocycles. The number of fused-ring (bicyclic) bond motifs is 5. The zero-order valence-electron chi connectivity index (χ0n) is 47.5. The molecule has 0 bridgehead atoms. The van der Waals surface area contributed by atoms with Gasteiger partial charge < -0.3 is 119 Å². The average Bonchev–Trinajstić information content (AvgIpc) is 1.94. The Hall–Kier alpha value is -1.64. The summed E-state index contributed by atoms with van der Waals surface area (Å²) in [4.78, 5) is 12.4. The second-order valence-electron chi connectivity index (χ2n) is 25.4. The van der Waals surface area contributed by atoms with Crippen molar-refractivity contribution in [2.45, 2.75) is 266 Å². The smallest absolute Gasteiger partial charge is 0.394 e. The van der Waals surface area contributed by atoms with E-state index >= 15 is 0 Å². The summed E-state index contributed by atoms with van der Waals surface area (Å²) in [6.07, 6.45) is -39.2. The maximum atomic E-state index is 12.5. The minimum absolute atomic E-state index is 0.0755. The molecule has 5 aliphatic heterocycles. The molecule has 0 amide bonds. The van der Waals surface area contributed by atoms with Gasteiger partial charge in [0.1, 0.15) is 110 Å². The van der Waals surface area contributed by atoms with E-state index in [4.69, 9.17) is 51.6 Å². The molecule has 0 aromatic rings. The van der Waals surface area contributed by atoms with Crippen LogP contribution in [0.3, 0.4) is 0 Å². The molecule has 3 saturated carbocycles. The average molecular weight is 1220 g/mol. The highest BCUT2D eigenvalue weighted by molar-refractivity contribution is 7.80. The van der Waals surface area contributed by atoms with Crippen LogP contribution in [0.15, 0.2) is 11.6 Å². The quantitative estimate of drug-likeness (QED) is 0.0497. The number of ether oxygens (including phenoxy) is 10. The number of allylic oxidation sites excluding steroid dienone is 2. The van der Waals surface area contributed by atoms with Gasteiger partial charge in [-0.3, -0.25) is 4.55 Å². The van der Waals surface area contributed by atoms with E-state index in [1.54, 1.807) is 6.92 Å².